The summed E-state index contributed by atoms with van der Waals surface area (Å²) in [6.07, 6.45) is 5.12. The second kappa shape index (κ2) is 8.88. The molecule has 3 N–H and O–H groups in total. The Bertz CT molecular complexity index is 1170. The summed E-state index contributed by atoms with van der Waals surface area (Å²) in [6.45, 7) is 1.48. The van der Waals surface area contributed by atoms with Crippen LogP contribution in [-0.2, 0) is 4.74 Å². The summed E-state index contributed by atoms with van der Waals surface area (Å²) in [5, 5.41) is 7.78. The number of aromatic nitrogens is 2. The van der Waals surface area contributed by atoms with Crippen molar-refractivity contribution in [2.45, 2.75) is 24.7 Å². The lowest BCUT2D eigenvalue weighted by atomic mass is 9.86. The number of ether oxygens (including phenoxy) is 2. The first-order chi connectivity index (χ1) is 15.6. The highest BCUT2D eigenvalue weighted by Gasteiger charge is 2.30. The van der Waals surface area contributed by atoms with Crippen LogP contribution in [0.5, 0.6) is 11.5 Å². The van der Waals surface area contributed by atoms with E-state index in [2.05, 4.69) is 16.0 Å². The Hall–Kier alpha value is -2.97. The third kappa shape index (κ3) is 4.08. The molecule has 4 heterocycles. The summed E-state index contributed by atoms with van der Waals surface area (Å²) in [5.41, 5.74) is 9.84. The molecule has 0 amide bonds. The lowest BCUT2D eigenvalue weighted by Crippen LogP contribution is -2.18. The summed E-state index contributed by atoms with van der Waals surface area (Å²) >= 11 is 1.29. The fraction of sp³-hybridized carbons (Fsp3) is 0.292. The van der Waals surface area contributed by atoms with Gasteiger partial charge in [-0.15, -0.1) is 0 Å². The number of nitrogens with zero attached hydrogens (tertiary/aromatic N) is 2. The molecule has 32 heavy (non-hydrogen) atoms. The predicted molar refractivity (Wildman–Crippen MR) is 123 cm³/mol. The quantitative estimate of drug-likeness (QED) is 0.329. The lowest BCUT2D eigenvalue weighted by Gasteiger charge is -2.30. The highest BCUT2D eigenvalue weighted by Crippen LogP contribution is 2.47. The summed E-state index contributed by atoms with van der Waals surface area (Å²) in [4.78, 5) is 8.46. The monoisotopic (exact) mass is 450 g/mol. The molecule has 0 radical (unpaired) electrons. The number of pyridine rings is 2. The molecule has 3 aromatic rings. The van der Waals surface area contributed by atoms with Gasteiger partial charge in [-0.2, -0.15) is 4.39 Å². The van der Waals surface area contributed by atoms with E-state index < -0.39 is 5.95 Å². The van der Waals surface area contributed by atoms with E-state index in [1.54, 1.807) is 18.3 Å². The molecule has 0 unspecified atom stereocenters. The van der Waals surface area contributed by atoms with Crippen LogP contribution in [0.3, 0.4) is 0 Å². The smallest absolute Gasteiger partial charge is 0.220 e. The number of rotatable bonds is 4. The maximum Gasteiger partial charge on any atom is 0.220 e. The molecular formula is C24H23FN4O2S. The van der Waals surface area contributed by atoms with Gasteiger partial charge in [0.25, 0.3) is 0 Å². The number of halogens is 1. The topological polar surface area (TPSA) is 94.1 Å². The zero-order chi connectivity index (χ0) is 22.1. The first kappa shape index (κ1) is 20.9. The van der Waals surface area contributed by atoms with Crippen LogP contribution in [0, 0.1) is 11.4 Å². The van der Waals surface area contributed by atoms with Gasteiger partial charge in [0.1, 0.15) is 11.5 Å². The summed E-state index contributed by atoms with van der Waals surface area (Å²) in [7, 11) is 0. The molecule has 2 aromatic heterocycles. The Morgan fingerprint density at radius 3 is 2.72 bits per heavy atom. The number of fused-ring (bicyclic) bond motifs is 2. The molecule has 6 nitrogen and oxygen atoms in total. The Balaban J connectivity index is 1.57. The van der Waals surface area contributed by atoms with Crippen LogP contribution in [0.1, 0.15) is 41.5 Å². The molecule has 5 rings (SSSR count). The van der Waals surface area contributed by atoms with Crippen molar-refractivity contribution >= 4 is 16.9 Å². The van der Waals surface area contributed by atoms with Gasteiger partial charge in [-0.05, 0) is 48.7 Å². The first-order valence-electron chi connectivity index (χ1n) is 10.6. The van der Waals surface area contributed by atoms with Gasteiger partial charge in [0, 0.05) is 59.4 Å². The lowest BCUT2D eigenvalue weighted by molar-refractivity contribution is 0.0844. The second-order valence-electron chi connectivity index (χ2n) is 7.96. The molecule has 164 valence electrons. The van der Waals surface area contributed by atoms with Gasteiger partial charge in [0.2, 0.25) is 5.95 Å². The maximum atomic E-state index is 14.3. The van der Waals surface area contributed by atoms with Crippen molar-refractivity contribution in [1.82, 2.24) is 9.97 Å². The van der Waals surface area contributed by atoms with Crippen LogP contribution in [0.2, 0.25) is 0 Å². The van der Waals surface area contributed by atoms with E-state index in [1.165, 1.54) is 18.0 Å². The normalized spacial score (nSPS) is 17.8. The minimum Gasteiger partial charge on any atom is -0.455 e. The van der Waals surface area contributed by atoms with Crippen LogP contribution < -0.4 is 10.5 Å². The molecule has 2 aliphatic heterocycles. The van der Waals surface area contributed by atoms with E-state index in [9.17, 15) is 4.39 Å². The SMILES string of the molecule is N=C(N)SC[C@@H]1c2cc(-c3cccnc3F)ccc2Oc2cnc(C3CCOCC3)cc21. The largest absolute Gasteiger partial charge is 0.455 e. The van der Waals surface area contributed by atoms with Crippen molar-refractivity contribution in [2.75, 3.05) is 19.0 Å². The second-order valence-corrected chi connectivity index (χ2v) is 9.02. The molecule has 0 aliphatic carbocycles. The summed E-state index contributed by atoms with van der Waals surface area (Å²) < 4.78 is 26.0. The van der Waals surface area contributed by atoms with E-state index in [4.69, 9.17) is 20.6 Å². The average Bonchev–Trinajstić information content (AvgIpc) is 2.82. The number of benzene rings is 1. The van der Waals surface area contributed by atoms with E-state index in [-0.39, 0.29) is 11.1 Å². The Morgan fingerprint density at radius 1 is 1.12 bits per heavy atom. The fourth-order valence-corrected chi connectivity index (χ4v) is 5.08. The van der Waals surface area contributed by atoms with E-state index in [0.717, 1.165) is 48.4 Å². The van der Waals surface area contributed by atoms with Crippen LogP contribution in [-0.4, -0.2) is 34.1 Å². The first-order valence-corrected chi connectivity index (χ1v) is 11.6. The third-order valence-electron chi connectivity index (χ3n) is 6.01. The van der Waals surface area contributed by atoms with Gasteiger partial charge in [0.15, 0.2) is 5.17 Å². The molecule has 0 bridgehead atoms. The number of amidine groups is 1. The van der Waals surface area contributed by atoms with Crippen molar-refractivity contribution < 1.29 is 13.9 Å². The fourth-order valence-electron chi connectivity index (χ4n) is 4.37. The molecule has 1 saturated heterocycles. The van der Waals surface area contributed by atoms with Crippen molar-refractivity contribution in [2.24, 2.45) is 5.73 Å². The number of thioether (sulfide) groups is 1. The molecule has 0 spiro atoms. The molecule has 0 saturated carbocycles. The van der Waals surface area contributed by atoms with Crippen LogP contribution in [0.4, 0.5) is 4.39 Å². The predicted octanol–water partition coefficient (Wildman–Crippen LogP) is 5.04. The summed E-state index contributed by atoms with van der Waals surface area (Å²) in [6, 6.07) is 11.2. The molecule has 1 aromatic carbocycles. The highest BCUT2D eigenvalue weighted by atomic mass is 32.2. The van der Waals surface area contributed by atoms with E-state index in [0.29, 0.717) is 28.7 Å². The molecule has 2 aliphatic rings. The average molecular weight is 451 g/mol. The van der Waals surface area contributed by atoms with Crippen molar-refractivity contribution in [1.29, 1.82) is 5.41 Å². The van der Waals surface area contributed by atoms with Gasteiger partial charge in [0.05, 0.1) is 6.20 Å². The van der Waals surface area contributed by atoms with Crippen LogP contribution in [0.25, 0.3) is 11.1 Å². The minimum absolute atomic E-state index is 0.0627. The zero-order valence-corrected chi connectivity index (χ0v) is 18.2. The molecule has 1 fully saturated rings. The zero-order valence-electron chi connectivity index (χ0n) is 17.4. The van der Waals surface area contributed by atoms with Gasteiger partial charge < -0.3 is 15.2 Å². The van der Waals surface area contributed by atoms with E-state index >= 15 is 0 Å². The number of nitrogens with one attached hydrogen (secondary N) is 1. The van der Waals surface area contributed by atoms with Gasteiger partial charge >= 0.3 is 0 Å². The minimum atomic E-state index is -0.509. The summed E-state index contributed by atoms with van der Waals surface area (Å²) in [5.74, 6) is 1.78. The van der Waals surface area contributed by atoms with Gasteiger partial charge in [-0.25, -0.2) is 4.98 Å². The number of hydrogen-bond donors (Lipinski definition) is 2. The Kier molecular flexibility index (Phi) is 5.80. The molecular weight excluding hydrogens is 427 g/mol. The standard InChI is InChI=1S/C24H23FN4O2S/c25-23-16(2-1-7-28-23)15-3-4-21-17(10-15)19(13-32-24(26)27)18-11-20(29-12-22(18)31-21)14-5-8-30-9-6-14/h1-4,7,10-12,14,19H,5-6,8-9,13H2,(H3,26,27)/t19-/m1/s1. The third-order valence-corrected chi connectivity index (χ3v) is 6.83. The Morgan fingerprint density at radius 2 is 1.94 bits per heavy atom. The van der Waals surface area contributed by atoms with E-state index in [1.807, 2.05) is 18.2 Å². The van der Waals surface area contributed by atoms with Crippen molar-refractivity contribution in [3.05, 3.63) is 71.6 Å². The molecule has 8 heteroatoms. The highest BCUT2D eigenvalue weighted by molar-refractivity contribution is 8.13. The van der Waals surface area contributed by atoms with Crippen LogP contribution >= 0.6 is 11.8 Å². The number of nitrogens with two attached hydrogens (primary N) is 1. The number of hydrogen-bond acceptors (Lipinski definition) is 6. The molecule has 1 atom stereocenters. The van der Waals surface area contributed by atoms with Crippen molar-refractivity contribution in [3.8, 4) is 22.6 Å². The van der Waals surface area contributed by atoms with Gasteiger partial charge in [-0.3, -0.25) is 10.4 Å². The van der Waals surface area contributed by atoms with Crippen molar-refractivity contribution in [3.63, 3.8) is 0 Å². The van der Waals surface area contributed by atoms with Crippen LogP contribution in [0.15, 0.2) is 48.8 Å². The Labute approximate surface area is 189 Å². The van der Waals surface area contributed by atoms with Gasteiger partial charge in [-0.1, -0.05) is 17.8 Å². The maximum absolute atomic E-state index is 14.3.